The van der Waals surface area contributed by atoms with Gasteiger partial charge in [0, 0.05) is 37.7 Å². The molecule has 86 valence electrons. The lowest BCUT2D eigenvalue weighted by atomic mass is 10.2. The Morgan fingerprint density at radius 1 is 1.67 bits per heavy atom. The second-order valence-corrected chi connectivity index (χ2v) is 4.75. The standard InChI is InChI=1S/C10H20N4S/c1-3-6-15-8-9(13-11)7-10-12-4-5-14(10)2/h4-5,9,13H,3,6-8,11H2,1-2H3. The van der Waals surface area contributed by atoms with E-state index >= 15 is 0 Å². The summed E-state index contributed by atoms with van der Waals surface area (Å²) >= 11 is 1.93. The SMILES string of the molecule is CCCSCC(Cc1nccn1C)NN. The maximum Gasteiger partial charge on any atom is 0.110 e. The van der Waals surface area contributed by atoms with Gasteiger partial charge >= 0.3 is 0 Å². The zero-order chi connectivity index (χ0) is 11.1. The molecule has 4 nitrogen and oxygen atoms in total. The Bertz CT molecular complexity index is 274. The van der Waals surface area contributed by atoms with Crippen LogP contribution in [0.2, 0.25) is 0 Å². The number of imidazole rings is 1. The van der Waals surface area contributed by atoms with Crippen LogP contribution in [0, 0.1) is 0 Å². The Kier molecular flexibility index (Phi) is 5.75. The molecule has 0 radical (unpaired) electrons. The zero-order valence-corrected chi connectivity index (χ0v) is 10.3. The summed E-state index contributed by atoms with van der Waals surface area (Å²) < 4.78 is 2.04. The van der Waals surface area contributed by atoms with E-state index in [0.29, 0.717) is 6.04 Å². The van der Waals surface area contributed by atoms with Crippen molar-refractivity contribution >= 4 is 11.8 Å². The van der Waals surface area contributed by atoms with E-state index in [4.69, 9.17) is 5.84 Å². The van der Waals surface area contributed by atoms with E-state index in [9.17, 15) is 0 Å². The van der Waals surface area contributed by atoms with Crippen LogP contribution in [0.3, 0.4) is 0 Å². The van der Waals surface area contributed by atoms with Crippen molar-refractivity contribution in [2.75, 3.05) is 11.5 Å². The fraction of sp³-hybridized carbons (Fsp3) is 0.700. The molecule has 0 bridgehead atoms. The number of rotatable bonds is 7. The van der Waals surface area contributed by atoms with Crippen molar-refractivity contribution in [3.8, 4) is 0 Å². The van der Waals surface area contributed by atoms with Crippen molar-refractivity contribution in [3.05, 3.63) is 18.2 Å². The van der Waals surface area contributed by atoms with Gasteiger partial charge in [0.15, 0.2) is 0 Å². The van der Waals surface area contributed by atoms with Crippen molar-refractivity contribution in [2.45, 2.75) is 25.8 Å². The molecule has 5 heteroatoms. The molecule has 1 heterocycles. The molecule has 1 atom stereocenters. The van der Waals surface area contributed by atoms with Crippen LogP contribution in [-0.2, 0) is 13.5 Å². The predicted octanol–water partition coefficient (Wildman–Crippen LogP) is 0.938. The maximum atomic E-state index is 5.52. The largest absolute Gasteiger partial charge is 0.338 e. The van der Waals surface area contributed by atoms with E-state index in [1.165, 1.54) is 12.2 Å². The number of nitrogens with one attached hydrogen (secondary N) is 1. The highest BCUT2D eigenvalue weighted by Crippen LogP contribution is 2.08. The van der Waals surface area contributed by atoms with Gasteiger partial charge in [-0.1, -0.05) is 6.92 Å². The summed E-state index contributed by atoms with van der Waals surface area (Å²) in [6.45, 7) is 2.19. The van der Waals surface area contributed by atoms with Gasteiger partial charge in [-0.15, -0.1) is 0 Å². The molecule has 0 fully saturated rings. The van der Waals surface area contributed by atoms with Crippen LogP contribution in [0.1, 0.15) is 19.2 Å². The summed E-state index contributed by atoms with van der Waals surface area (Å²) in [5.41, 5.74) is 2.85. The highest BCUT2D eigenvalue weighted by atomic mass is 32.2. The van der Waals surface area contributed by atoms with Crippen LogP contribution < -0.4 is 11.3 Å². The molecule has 0 aliphatic rings. The average molecular weight is 228 g/mol. The second-order valence-electron chi connectivity index (χ2n) is 3.60. The van der Waals surface area contributed by atoms with Gasteiger partial charge in [-0.05, 0) is 12.2 Å². The van der Waals surface area contributed by atoms with Crippen molar-refractivity contribution < 1.29 is 0 Å². The Morgan fingerprint density at radius 2 is 2.47 bits per heavy atom. The molecule has 0 aliphatic heterocycles. The fourth-order valence-corrected chi connectivity index (χ4v) is 2.30. The monoisotopic (exact) mass is 228 g/mol. The molecule has 0 saturated carbocycles. The summed E-state index contributed by atoms with van der Waals surface area (Å²) in [7, 11) is 2.01. The highest BCUT2D eigenvalue weighted by Gasteiger charge is 2.10. The summed E-state index contributed by atoms with van der Waals surface area (Å²) in [5.74, 6) is 8.83. The minimum Gasteiger partial charge on any atom is -0.338 e. The van der Waals surface area contributed by atoms with Crippen molar-refractivity contribution in [1.82, 2.24) is 15.0 Å². The van der Waals surface area contributed by atoms with E-state index in [2.05, 4.69) is 17.3 Å². The topological polar surface area (TPSA) is 55.9 Å². The quantitative estimate of drug-likeness (QED) is 0.414. The summed E-state index contributed by atoms with van der Waals surface area (Å²) in [6, 6.07) is 0.308. The second kappa shape index (κ2) is 6.87. The van der Waals surface area contributed by atoms with Gasteiger partial charge < -0.3 is 4.57 Å². The lowest BCUT2D eigenvalue weighted by Crippen LogP contribution is -2.39. The van der Waals surface area contributed by atoms with E-state index in [-0.39, 0.29) is 0 Å². The Balaban J connectivity index is 2.36. The lowest BCUT2D eigenvalue weighted by Gasteiger charge is -2.14. The molecule has 0 amide bonds. The van der Waals surface area contributed by atoms with Gasteiger partial charge in [0.25, 0.3) is 0 Å². The minimum atomic E-state index is 0.308. The number of nitrogens with zero attached hydrogens (tertiary/aromatic N) is 2. The van der Waals surface area contributed by atoms with Gasteiger partial charge in [-0.25, -0.2) is 4.98 Å². The first kappa shape index (κ1) is 12.5. The lowest BCUT2D eigenvalue weighted by molar-refractivity contribution is 0.552. The van der Waals surface area contributed by atoms with Crippen LogP contribution in [0.5, 0.6) is 0 Å². The highest BCUT2D eigenvalue weighted by molar-refractivity contribution is 7.99. The molecule has 0 spiro atoms. The molecule has 0 aliphatic carbocycles. The Morgan fingerprint density at radius 3 is 3.00 bits per heavy atom. The third kappa shape index (κ3) is 4.24. The molecule has 1 aromatic heterocycles. The van der Waals surface area contributed by atoms with Crippen molar-refractivity contribution in [2.24, 2.45) is 12.9 Å². The molecule has 1 aromatic rings. The first-order valence-corrected chi connectivity index (χ1v) is 6.43. The first-order chi connectivity index (χ1) is 7.27. The van der Waals surface area contributed by atoms with Gasteiger partial charge in [-0.3, -0.25) is 11.3 Å². The third-order valence-electron chi connectivity index (χ3n) is 2.25. The van der Waals surface area contributed by atoms with Crippen LogP contribution in [0.4, 0.5) is 0 Å². The van der Waals surface area contributed by atoms with Crippen LogP contribution >= 0.6 is 11.8 Å². The number of hydrazine groups is 1. The molecular weight excluding hydrogens is 208 g/mol. The van der Waals surface area contributed by atoms with Gasteiger partial charge in [0.2, 0.25) is 0 Å². The molecular formula is C10H20N4S. The van der Waals surface area contributed by atoms with Crippen LogP contribution in [0.15, 0.2) is 12.4 Å². The number of nitrogens with two attached hydrogens (primary N) is 1. The van der Waals surface area contributed by atoms with E-state index in [0.717, 1.165) is 18.0 Å². The van der Waals surface area contributed by atoms with Crippen molar-refractivity contribution in [1.29, 1.82) is 0 Å². The third-order valence-corrected chi connectivity index (χ3v) is 3.59. The summed E-state index contributed by atoms with van der Waals surface area (Å²) in [4.78, 5) is 4.29. The minimum absolute atomic E-state index is 0.308. The van der Waals surface area contributed by atoms with Crippen LogP contribution in [0.25, 0.3) is 0 Å². The van der Waals surface area contributed by atoms with Gasteiger partial charge in [-0.2, -0.15) is 11.8 Å². The number of aryl methyl sites for hydroxylation is 1. The van der Waals surface area contributed by atoms with Crippen LogP contribution in [-0.4, -0.2) is 27.1 Å². The summed E-state index contributed by atoms with van der Waals surface area (Å²) in [6.07, 6.45) is 5.88. The number of thioether (sulfide) groups is 1. The number of hydrogen-bond acceptors (Lipinski definition) is 4. The predicted molar refractivity (Wildman–Crippen MR) is 65.6 cm³/mol. The van der Waals surface area contributed by atoms with E-state index in [1.54, 1.807) is 0 Å². The molecule has 0 aromatic carbocycles. The van der Waals surface area contributed by atoms with Gasteiger partial charge in [0.05, 0.1) is 0 Å². The molecule has 3 N–H and O–H groups in total. The number of hydrogen-bond donors (Lipinski definition) is 2. The Hall–Kier alpha value is -0.520. The molecule has 1 rings (SSSR count). The average Bonchev–Trinajstić information content (AvgIpc) is 2.63. The van der Waals surface area contributed by atoms with E-state index in [1.807, 2.05) is 35.8 Å². The first-order valence-electron chi connectivity index (χ1n) is 5.28. The molecule has 15 heavy (non-hydrogen) atoms. The molecule has 1 unspecified atom stereocenters. The van der Waals surface area contributed by atoms with Crippen molar-refractivity contribution in [3.63, 3.8) is 0 Å². The fourth-order valence-electron chi connectivity index (χ4n) is 1.35. The normalized spacial score (nSPS) is 13.0. The van der Waals surface area contributed by atoms with Gasteiger partial charge in [0.1, 0.15) is 5.82 Å². The summed E-state index contributed by atoms with van der Waals surface area (Å²) in [5, 5.41) is 0. The zero-order valence-electron chi connectivity index (χ0n) is 9.44. The number of aromatic nitrogens is 2. The maximum absolute atomic E-state index is 5.52. The smallest absolute Gasteiger partial charge is 0.110 e. The van der Waals surface area contributed by atoms with E-state index < -0.39 is 0 Å². The Labute approximate surface area is 95.6 Å². The molecule has 0 saturated heterocycles.